The van der Waals surface area contributed by atoms with E-state index in [2.05, 4.69) is 12.1 Å². The number of fused-ring (bicyclic) bond motifs is 2. The van der Waals surface area contributed by atoms with E-state index in [0.717, 1.165) is 34.5 Å². The summed E-state index contributed by atoms with van der Waals surface area (Å²) in [4.78, 5) is 31.8. The molecule has 0 N–H and O–H groups in total. The molecule has 0 atom stereocenters. The Kier molecular flexibility index (Phi) is 5.84. The topological polar surface area (TPSA) is 56.3 Å². The van der Waals surface area contributed by atoms with Gasteiger partial charge in [0.2, 0.25) is 0 Å². The van der Waals surface area contributed by atoms with Crippen molar-refractivity contribution < 1.29 is 18.7 Å². The molecule has 33 heavy (non-hydrogen) atoms. The van der Waals surface area contributed by atoms with Gasteiger partial charge in [-0.2, -0.15) is 0 Å². The van der Waals surface area contributed by atoms with Crippen LogP contribution in [-0.4, -0.2) is 23.3 Å². The first-order valence-electron chi connectivity index (χ1n) is 10.7. The molecule has 0 saturated carbocycles. The fourth-order valence-electron chi connectivity index (χ4n) is 4.18. The maximum absolute atomic E-state index is 13.3. The van der Waals surface area contributed by atoms with Gasteiger partial charge in [0, 0.05) is 15.8 Å². The zero-order valence-corrected chi connectivity index (χ0v) is 18.5. The smallest absolute Gasteiger partial charge is 0.339 e. The van der Waals surface area contributed by atoms with E-state index in [1.807, 2.05) is 35.7 Å². The van der Waals surface area contributed by atoms with E-state index < -0.39 is 18.4 Å². The second-order valence-corrected chi connectivity index (χ2v) is 8.86. The minimum absolute atomic E-state index is 0.298. The van der Waals surface area contributed by atoms with E-state index in [9.17, 15) is 14.0 Å². The molecule has 0 saturated heterocycles. The molecule has 5 rings (SSSR count). The molecule has 4 nitrogen and oxygen atoms in total. The van der Waals surface area contributed by atoms with Gasteiger partial charge < -0.3 is 4.74 Å². The average Bonchev–Trinajstić information content (AvgIpc) is 3.35. The van der Waals surface area contributed by atoms with Crippen LogP contribution in [0.3, 0.4) is 0 Å². The second kappa shape index (κ2) is 9.08. The van der Waals surface area contributed by atoms with E-state index in [0.29, 0.717) is 28.5 Å². The monoisotopic (exact) mass is 457 g/mol. The lowest BCUT2D eigenvalue weighted by atomic mass is 9.86. The van der Waals surface area contributed by atoms with Gasteiger partial charge in [-0.05, 0) is 78.3 Å². The summed E-state index contributed by atoms with van der Waals surface area (Å²) in [6.45, 7) is -0.409. The zero-order chi connectivity index (χ0) is 22.8. The van der Waals surface area contributed by atoms with Crippen LogP contribution in [-0.2, 0) is 11.2 Å². The van der Waals surface area contributed by atoms with E-state index in [-0.39, 0.29) is 5.78 Å². The van der Waals surface area contributed by atoms with Gasteiger partial charge in [-0.1, -0.05) is 24.3 Å². The van der Waals surface area contributed by atoms with Crippen molar-refractivity contribution in [3.8, 4) is 0 Å². The molecule has 0 fully saturated rings. The number of esters is 1. The lowest BCUT2D eigenvalue weighted by Crippen LogP contribution is -2.18. The highest BCUT2D eigenvalue weighted by Crippen LogP contribution is 2.36. The number of thiophene rings is 1. The lowest BCUT2D eigenvalue weighted by molar-refractivity contribution is 0.0475. The summed E-state index contributed by atoms with van der Waals surface area (Å²) in [6.07, 6.45) is 4.63. The molecular weight excluding hydrogens is 437 g/mol. The van der Waals surface area contributed by atoms with Crippen molar-refractivity contribution in [1.82, 2.24) is 4.98 Å². The van der Waals surface area contributed by atoms with Crippen molar-refractivity contribution in [2.45, 2.75) is 19.3 Å². The predicted octanol–water partition coefficient (Wildman–Crippen LogP) is 6.35. The van der Waals surface area contributed by atoms with Crippen LogP contribution in [0.1, 0.15) is 49.7 Å². The van der Waals surface area contributed by atoms with E-state index in [1.165, 1.54) is 24.3 Å². The van der Waals surface area contributed by atoms with Crippen LogP contribution in [0.4, 0.5) is 4.39 Å². The molecule has 0 radical (unpaired) electrons. The number of aromatic nitrogens is 1. The summed E-state index contributed by atoms with van der Waals surface area (Å²) >= 11 is 1.66. The van der Waals surface area contributed by atoms with Crippen LogP contribution in [0.5, 0.6) is 0 Å². The van der Waals surface area contributed by atoms with Crippen LogP contribution in [0.2, 0.25) is 0 Å². The highest BCUT2D eigenvalue weighted by molar-refractivity contribution is 7.10. The number of nitrogens with zero attached hydrogens (tertiary/aromatic N) is 1. The number of rotatable bonds is 5. The largest absolute Gasteiger partial charge is 0.454 e. The first kappa shape index (κ1) is 21.2. The van der Waals surface area contributed by atoms with Crippen molar-refractivity contribution in [3.05, 3.63) is 99.1 Å². The zero-order valence-electron chi connectivity index (χ0n) is 17.7. The summed E-state index contributed by atoms with van der Waals surface area (Å²) in [6, 6.07) is 16.8. The van der Waals surface area contributed by atoms with Crippen LogP contribution >= 0.6 is 11.3 Å². The number of hydrogen-bond donors (Lipinski definition) is 0. The molecular formula is C27H20FNO3S. The maximum atomic E-state index is 13.3. The molecule has 164 valence electrons. The van der Waals surface area contributed by atoms with Crippen LogP contribution in [0, 0.1) is 5.82 Å². The molecule has 0 bridgehead atoms. The van der Waals surface area contributed by atoms with Gasteiger partial charge in [0.05, 0.1) is 16.8 Å². The fraction of sp³-hybridized carbons (Fsp3) is 0.148. The lowest BCUT2D eigenvalue weighted by Gasteiger charge is -2.22. The first-order chi connectivity index (χ1) is 16.1. The Bertz CT molecular complexity index is 1370. The normalized spacial score (nSPS) is 14.3. The Balaban J connectivity index is 1.51. The molecule has 1 aliphatic rings. The van der Waals surface area contributed by atoms with Gasteiger partial charge in [0.25, 0.3) is 0 Å². The van der Waals surface area contributed by atoms with Crippen molar-refractivity contribution in [2.75, 3.05) is 6.61 Å². The maximum Gasteiger partial charge on any atom is 0.339 e. The number of allylic oxidation sites excluding steroid dienone is 1. The summed E-state index contributed by atoms with van der Waals surface area (Å²) in [5.74, 6) is -1.35. The van der Waals surface area contributed by atoms with Crippen LogP contribution < -0.4 is 0 Å². The molecule has 2 aromatic carbocycles. The van der Waals surface area contributed by atoms with Gasteiger partial charge in [-0.3, -0.25) is 4.79 Å². The third kappa shape index (κ3) is 4.34. The minimum atomic E-state index is -0.544. The molecule has 2 aromatic heterocycles. The van der Waals surface area contributed by atoms with E-state index >= 15 is 0 Å². The van der Waals surface area contributed by atoms with Crippen molar-refractivity contribution >= 4 is 45.6 Å². The highest BCUT2D eigenvalue weighted by Gasteiger charge is 2.26. The van der Waals surface area contributed by atoms with Gasteiger partial charge in [0.15, 0.2) is 12.4 Å². The number of para-hydroxylation sites is 1. The summed E-state index contributed by atoms with van der Waals surface area (Å²) in [7, 11) is 0. The number of benzene rings is 2. The van der Waals surface area contributed by atoms with Gasteiger partial charge in [-0.25, -0.2) is 14.2 Å². The Morgan fingerprint density at radius 2 is 1.85 bits per heavy atom. The predicted molar refractivity (Wildman–Crippen MR) is 128 cm³/mol. The molecule has 0 aliphatic heterocycles. The van der Waals surface area contributed by atoms with Gasteiger partial charge in [0.1, 0.15) is 5.82 Å². The molecule has 0 unspecified atom stereocenters. The Hall–Kier alpha value is -3.64. The molecule has 0 amide bonds. The number of Topliss-reactive ketones (excluding diaryl/α,β-unsaturated/α-hetero) is 1. The number of ketones is 1. The first-order valence-corrected chi connectivity index (χ1v) is 11.6. The number of carbonyl (C=O) groups is 2. The van der Waals surface area contributed by atoms with Gasteiger partial charge in [-0.15, -0.1) is 11.3 Å². The van der Waals surface area contributed by atoms with Crippen molar-refractivity contribution in [1.29, 1.82) is 0 Å². The van der Waals surface area contributed by atoms with Gasteiger partial charge >= 0.3 is 5.97 Å². The fourth-order valence-corrected chi connectivity index (χ4v) is 4.86. The van der Waals surface area contributed by atoms with Crippen molar-refractivity contribution in [3.63, 3.8) is 0 Å². The minimum Gasteiger partial charge on any atom is -0.454 e. The Morgan fingerprint density at radius 1 is 1.03 bits per heavy atom. The highest BCUT2D eigenvalue weighted by atomic mass is 32.1. The number of ether oxygens (including phenoxy) is 1. The van der Waals surface area contributed by atoms with Crippen molar-refractivity contribution in [2.24, 2.45) is 0 Å². The van der Waals surface area contributed by atoms with E-state index in [1.54, 1.807) is 11.3 Å². The van der Waals surface area contributed by atoms with Crippen LogP contribution in [0.15, 0.2) is 66.0 Å². The number of pyridine rings is 1. The summed E-state index contributed by atoms with van der Waals surface area (Å²) in [5.41, 5.74) is 4.27. The average molecular weight is 458 g/mol. The number of carbonyl (C=O) groups excluding carboxylic acids is 2. The van der Waals surface area contributed by atoms with E-state index in [4.69, 9.17) is 9.72 Å². The molecule has 0 spiro atoms. The standard InChI is InChI=1S/C27H20FNO3S/c28-19-12-10-17(11-13-19)24(30)16-32-27(31)25-21-7-1-2-9-23(21)29-26-18(5-3-8-22(25)26)15-20-6-4-14-33-20/h1-2,4,6-7,9-15H,3,5,8,16H2. The Morgan fingerprint density at radius 3 is 2.64 bits per heavy atom. The third-order valence-electron chi connectivity index (χ3n) is 5.73. The number of halogens is 1. The second-order valence-electron chi connectivity index (χ2n) is 7.88. The summed E-state index contributed by atoms with van der Waals surface area (Å²) in [5, 5.41) is 2.75. The quantitative estimate of drug-likeness (QED) is 0.259. The molecule has 4 aromatic rings. The number of hydrogen-bond acceptors (Lipinski definition) is 5. The van der Waals surface area contributed by atoms with Crippen LogP contribution in [0.25, 0.3) is 22.6 Å². The molecule has 1 aliphatic carbocycles. The summed E-state index contributed by atoms with van der Waals surface area (Å²) < 4.78 is 18.6. The molecule has 2 heterocycles. The Labute approximate surface area is 194 Å². The third-order valence-corrected chi connectivity index (χ3v) is 6.55. The molecule has 6 heteroatoms. The SMILES string of the molecule is O=C(COC(=O)c1c2c(nc3ccccc13)C(=Cc1cccs1)CCC2)c1ccc(F)cc1.